The number of fused-ring (bicyclic) bond motifs is 1. The van der Waals surface area contributed by atoms with E-state index in [-0.39, 0.29) is 23.4 Å². The third kappa shape index (κ3) is 5.45. The van der Waals surface area contributed by atoms with E-state index < -0.39 is 10.0 Å². The Morgan fingerprint density at radius 1 is 1.00 bits per heavy atom. The average Bonchev–Trinajstić information content (AvgIpc) is 2.82. The van der Waals surface area contributed by atoms with Crippen molar-refractivity contribution in [1.82, 2.24) is 5.32 Å². The maximum absolute atomic E-state index is 13.5. The SMILES string of the molecule is Cc1cccc(N(CC(=O)NC(C)c2ccc3c(c2)CCCC3)S(=O)(=O)c2ccc(Cl)cc2)c1. The molecule has 0 fully saturated rings. The van der Waals surface area contributed by atoms with Gasteiger partial charge in [0.1, 0.15) is 6.54 Å². The fourth-order valence-corrected chi connectivity index (χ4v) is 5.89. The van der Waals surface area contributed by atoms with Gasteiger partial charge >= 0.3 is 0 Å². The first kappa shape index (κ1) is 24.3. The van der Waals surface area contributed by atoms with E-state index in [9.17, 15) is 13.2 Å². The number of carbonyl (C=O) groups excluding carboxylic acids is 1. The summed E-state index contributed by atoms with van der Waals surface area (Å²) in [6.45, 7) is 3.48. The lowest BCUT2D eigenvalue weighted by Gasteiger charge is -2.26. The van der Waals surface area contributed by atoms with Crippen LogP contribution in [0.25, 0.3) is 0 Å². The minimum Gasteiger partial charge on any atom is -0.348 e. The lowest BCUT2D eigenvalue weighted by Crippen LogP contribution is -2.41. The van der Waals surface area contributed by atoms with Gasteiger partial charge in [0.15, 0.2) is 0 Å². The fourth-order valence-electron chi connectivity index (χ4n) is 4.36. The molecular weight excluding hydrogens is 468 g/mol. The summed E-state index contributed by atoms with van der Waals surface area (Å²) in [4.78, 5) is 13.2. The second-order valence-electron chi connectivity index (χ2n) is 8.83. The second-order valence-corrected chi connectivity index (χ2v) is 11.1. The molecule has 0 bridgehead atoms. The topological polar surface area (TPSA) is 66.5 Å². The Bertz CT molecular complexity index is 1290. The van der Waals surface area contributed by atoms with Crippen LogP contribution in [-0.4, -0.2) is 20.9 Å². The Kier molecular flexibility index (Phi) is 7.29. The molecule has 0 saturated carbocycles. The Balaban J connectivity index is 1.57. The van der Waals surface area contributed by atoms with Crippen LogP contribution in [0.5, 0.6) is 0 Å². The van der Waals surface area contributed by atoms with Crippen molar-refractivity contribution >= 4 is 33.2 Å². The number of benzene rings is 3. The molecule has 1 amide bonds. The molecule has 0 spiro atoms. The monoisotopic (exact) mass is 496 g/mol. The highest BCUT2D eigenvalue weighted by Gasteiger charge is 2.28. The zero-order valence-electron chi connectivity index (χ0n) is 19.4. The molecule has 3 aromatic rings. The number of nitrogens with one attached hydrogen (secondary N) is 1. The van der Waals surface area contributed by atoms with Crippen LogP contribution in [0.4, 0.5) is 5.69 Å². The molecule has 0 heterocycles. The van der Waals surface area contributed by atoms with Gasteiger partial charge in [-0.3, -0.25) is 9.10 Å². The van der Waals surface area contributed by atoms with Crippen molar-refractivity contribution in [3.8, 4) is 0 Å². The third-order valence-corrected chi connectivity index (χ3v) is 8.27. The van der Waals surface area contributed by atoms with Crippen molar-refractivity contribution in [3.05, 3.63) is 94.0 Å². The molecule has 7 heteroatoms. The Labute approximate surface area is 206 Å². The van der Waals surface area contributed by atoms with Crippen LogP contribution in [0, 0.1) is 6.92 Å². The molecule has 1 N–H and O–H groups in total. The number of hydrogen-bond donors (Lipinski definition) is 1. The van der Waals surface area contributed by atoms with E-state index in [1.54, 1.807) is 18.2 Å². The van der Waals surface area contributed by atoms with Crippen LogP contribution < -0.4 is 9.62 Å². The summed E-state index contributed by atoms with van der Waals surface area (Å²) >= 11 is 5.95. The van der Waals surface area contributed by atoms with Gasteiger partial charge in [-0.15, -0.1) is 0 Å². The molecule has 0 aliphatic heterocycles. The highest BCUT2D eigenvalue weighted by atomic mass is 35.5. The number of amides is 1. The van der Waals surface area contributed by atoms with Crippen LogP contribution in [-0.2, 0) is 27.7 Å². The molecular formula is C27H29ClN2O3S. The van der Waals surface area contributed by atoms with E-state index in [4.69, 9.17) is 11.6 Å². The predicted molar refractivity (Wildman–Crippen MR) is 137 cm³/mol. The Hall–Kier alpha value is -2.83. The first-order chi connectivity index (χ1) is 16.2. The van der Waals surface area contributed by atoms with Crippen molar-refractivity contribution in [3.63, 3.8) is 0 Å². The van der Waals surface area contributed by atoms with E-state index in [0.29, 0.717) is 10.7 Å². The molecule has 178 valence electrons. The Morgan fingerprint density at radius 2 is 1.71 bits per heavy atom. The summed E-state index contributed by atoms with van der Waals surface area (Å²) in [5.74, 6) is -0.371. The minimum absolute atomic E-state index is 0.0777. The molecule has 3 aromatic carbocycles. The van der Waals surface area contributed by atoms with Crippen LogP contribution in [0.3, 0.4) is 0 Å². The van der Waals surface area contributed by atoms with Gasteiger partial charge in [-0.1, -0.05) is 41.9 Å². The summed E-state index contributed by atoms with van der Waals surface area (Å²) in [5, 5.41) is 3.43. The predicted octanol–water partition coefficient (Wildman–Crippen LogP) is 5.60. The highest BCUT2D eigenvalue weighted by molar-refractivity contribution is 7.92. The van der Waals surface area contributed by atoms with Gasteiger partial charge in [0.2, 0.25) is 5.91 Å². The minimum atomic E-state index is -3.98. The lowest BCUT2D eigenvalue weighted by molar-refractivity contribution is -0.120. The molecule has 0 aromatic heterocycles. The summed E-state index contributed by atoms with van der Waals surface area (Å²) in [6, 6.07) is 19.2. The first-order valence-electron chi connectivity index (χ1n) is 11.5. The van der Waals surface area contributed by atoms with E-state index in [1.165, 1.54) is 48.2 Å². The van der Waals surface area contributed by atoms with Crippen LogP contribution >= 0.6 is 11.6 Å². The van der Waals surface area contributed by atoms with Crippen molar-refractivity contribution in [2.24, 2.45) is 0 Å². The number of rotatable bonds is 7. The smallest absolute Gasteiger partial charge is 0.264 e. The average molecular weight is 497 g/mol. The molecule has 0 radical (unpaired) electrons. The van der Waals surface area contributed by atoms with Gasteiger partial charge in [-0.25, -0.2) is 8.42 Å². The van der Waals surface area contributed by atoms with Crippen LogP contribution in [0.1, 0.15) is 48.1 Å². The molecule has 34 heavy (non-hydrogen) atoms. The van der Waals surface area contributed by atoms with Gasteiger partial charge < -0.3 is 5.32 Å². The van der Waals surface area contributed by atoms with Crippen molar-refractivity contribution < 1.29 is 13.2 Å². The van der Waals surface area contributed by atoms with E-state index in [0.717, 1.165) is 28.3 Å². The molecule has 1 aliphatic carbocycles. The molecule has 4 rings (SSSR count). The number of sulfonamides is 1. The number of halogens is 1. The second kappa shape index (κ2) is 10.2. The van der Waals surface area contributed by atoms with Gasteiger partial charge in [-0.2, -0.15) is 0 Å². The maximum atomic E-state index is 13.5. The number of nitrogens with zero attached hydrogens (tertiary/aromatic N) is 1. The van der Waals surface area contributed by atoms with Gasteiger partial charge in [0.25, 0.3) is 10.0 Å². The summed E-state index contributed by atoms with van der Waals surface area (Å²) in [6.07, 6.45) is 4.56. The van der Waals surface area contributed by atoms with Crippen molar-refractivity contribution in [1.29, 1.82) is 0 Å². The molecule has 1 aliphatic rings. The highest BCUT2D eigenvalue weighted by Crippen LogP contribution is 2.27. The number of anilines is 1. The zero-order valence-corrected chi connectivity index (χ0v) is 21.0. The van der Waals surface area contributed by atoms with Gasteiger partial charge in [-0.05, 0) is 98.2 Å². The number of carbonyl (C=O) groups is 1. The summed E-state index contributed by atoms with van der Waals surface area (Å²) in [5.41, 5.74) is 5.09. The van der Waals surface area contributed by atoms with E-state index in [2.05, 4.69) is 23.5 Å². The quantitative estimate of drug-likeness (QED) is 0.463. The normalized spacial score (nSPS) is 14.2. The number of aryl methyl sites for hydroxylation is 3. The van der Waals surface area contributed by atoms with Gasteiger partial charge in [0, 0.05) is 5.02 Å². The molecule has 5 nitrogen and oxygen atoms in total. The largest absolute Gasteiger partial charge is 0.348 e. The molecule has 0 saturated heterocycles. The zero-order chi connectivity index (χ0) is 24.3. The molecule has 1 unspecified atom stereocenters. The fraction of sp³-hybridized carbons (Fsp3) is 0.296. The van der Waals surface area contributed by atoms with Crippen molar-refractivity contribution in [2.45, 2.75) is 50.5 Å². The molecule has 1 atom stereocenters. The third-order valence-electron chi connectivity index (χ3n) is 6.23. The standard InChI is InChI=1S/C27H29ClN2O3S/c1-19-6-5-9-25(16-19)30(34(32,33)26-14-12-24(28)13-15-26)18-27(31)29-20(2)22-11-10-21-7-3-4-8-23(21)17-22/h5-6,9-17,20H,3-4,7-8,18H2,1-2H3,(H,29,31). The maximum Gasteiger partial charge on any atom is 0.264 e. The first-order valence-corrected chi connectivity index (χ1v) is 13.3. The van der Waals surface area contributed by atoms with Crippen molar-refractivity contribution in [2.75, 3.05) is 10.8 Å². The summed E-state index contributed by atoms with van der Waals surface area (Å²) in [7, 11) is -3.98. The number of hydrogen-bond acceptors (Lipinski definition) is 3. The van der Waals surface area contributed by atoms with E-state index >= 15 is 0 Å². The van der Waals surface area contributed by atoms with E-state index in [1.807, 2.05) is 19.9 Å². The van der Waals surface area contributed by atoms with Crippen LogP contribution in [0.2, 0.25) is 5.02 Å². The van der Waals surface area contributed by atoms with Gasteiger partial charge in [0.05, 0.1) is 16.6 Å². The summed E-state index contributed by atoms with van der Waals surface area (Å²) < 4.78 is 28.2. The van der Waals surface area contributed by atoms with Crippen LogP contribution in [0.15, 0.2) is 71.6 Å². The Morgan fingerprint density at radius 3 is 2.41 bits per heavy atom. The lowest BCUT2D eigenvalue weighted by atomic mass is 9.89.